The lowest BCUT2D eigenvalue weighted by Crippen LogP contribution is -2.49. The SMILES string of the molecule is CC(=O)N1CCN(c2nc(C)cc(N3CCN(Cc4ccccc4)CC3)n2)CC1. The van der Waals surface area contributed by atoms with Crippen molar-refractivity contribution < 1.29 is 4.79 Å². The molecule has 0 radical (unpaired) electrons. The summed E-state index contributed by atoms with van der Waals surface area (Å²) in [4.78, 5) is 30.1. The molecule has 0 bridgehead atoms. The molecule has 0 spiro atoms. The summed E-state index contributed by atoms with van der Waals surface area (Å²) in [5.74, 6) is 1.94. The van der Waals surface area contributed by atoms with Crippen LogP contribution in [0, 0.1) is 6.92 Å². The van der Waals surface area contributed by atoms with Crippen molar-refractivity contribution in [2.24, 2.45) is 0 Å². The van der Waals surface area contributed by atoms with Gasteiger partial charge in [-0.05, 0) is 12.5 Å². The molecule has 7 heteroatoms. The van der Waals surface area contributed by atoms with Crippen LogP contribution in [-0.4, -0.2) is 78.0 Å². The number of rotatable bonds is 4. The van der Waals surface area contributed by atoms with Crippen LogP contribution in [0.25, 0.3) is 0 Å². The lowest BCUT2D eigenvalue weighted by molar-refractivity contribution is -0.129. The molecule has 4 rings (SSSR count). The first-order valence-electron chi connectivity index (χ1n) is 10.5. The summed E-state index contributed by atoms with van der Waals surface area (Å²) in [5.41, 5.74) is 2.36. The Hall–Kier alpha value is -2.67. The van der Waals surface area contributed by atoms with E-state index in [4.69, 9.17) is 4.98 Å². The second kappa shape index (κ2) is 8.78. The fourth-order valence-corrected chi connectivity index (χ4v) is 4.04. The van der Waals surface area contributed by atoms with Crippen molar-refractivity contribution in [1.29, 1.82) is 0 Å². The van der Waals surface area contributed by atoms with Gasteiger partial charge in [0.25, 0.3) is 0 Å². The number of hydrogen-bond donors (Lipinski definition) is 0. The number of carbonyl (C=O) groups is 1. The van der Waals surface area contributed by atoms with Gasteiger partial charge in [0.2, 0.25) is 11.9 Å². The maximum Gasteiger partial charge on any atom is 0.227 e. The third-order valence-corrected chi connectivity index (χ3v) is 5.78. The highest BCUT2D eigenvalue weighted by molar-refractivity contribution is 5.73. The number of piperazine rings is 2. The molecule has 2 aliphatic heterocycles. The van der Waals surface area contributed by atoms with Crippen molar-refractivity contribution in [2.75, 3.05) is 62.2 Å². The number of benzene rings is 1. The van der Waals surface area contributed by atoms with E-state index in [0.29, 0.717) is 0 Å². The molecule has 1 aromatic heterocycles. The van der Waals surface area contributed by atoms with Gasteiger partial charge in [-0.2, -0.15) is 4.98 Å². The minimum absolute atomic E-state index is 0.142. The molecule has 154 valence electrons. The summed E-state index contributed by atoms with van der Waals surface area (Å²) < 4.78 is 0. The maximum atomic E-state index is 11.6. The summed E-state index contributed by atoms with van der Waals surface area (Å²) >= 11 is 0. The average Bonchev–Trinajstić information content (AvgIpc) is 2.75. The highest BCUT2D eigenvalue weighted by Gasteiger charge is 2.23. The van der Waals surface area contributed by atoms with Gasteiger partial charge in [0.15, 0.2) is 0 Å². The topological polar surface area (TPSA) is 55.8 Å². The first-order chi connectivity index (χ1) is 14.1. The first kappa shape index (κ1) is 19.6. The molecule has 2 saturated heterocycles. The smallest absolute Gasteiger partial charge is 0.227 e. The van der Waals surface area contributed by atoms with Crippen molar-refractivity contribution in [1.82, 2.24) is 19.8 Å². The fourth-order valence-electron chi connectivity index (χ4n) is 4.04. The molecule has 1 aromatic carbocycles. The minimum atomic E-state index is 0.142. The van der Waals surface area contributed by atoms with E-state index in [0.717, 1.165) is 76.4 Å². The van der Waals surface area contributed by atoms with Gasteiger partial charge in [0.1, 0.15) is 5.82 Å². The van der Waals surface area contributed by atoms with E-state index < -0.39 is 0 Å². The Bertz CT molecular complexity index is 826. The summed E-state index contributed by atoms with van der Waals surface area (Å²) in [5, 5.41) is 0. The van der Waals surface area contributed by atoms with Gasteiger partial charge in [0.05, 0.1) is 0 Å². The largest absolute Gasteiger partial charge is 0.354 e. The van der Waals surface area contributed by atoms with Crippen molar-refractivity contribution in [3.8, 4) is 0 Å². The summed E-state index contributed by atoms with van der Waals surface area (Å²) in [6.07, 6.45) is 0. The lowest BCUT2D eigenvalue weighted by Gasteiger charge is -2.37. The molecule has 2 fully saturated rings. The van der Waals surface area contributed by atoms with E-state index in [-0.39, 0.29) is 5.91 Å². The Morgan fingerprint density at radius 1 is 0.897 bits per heavy atom. The highest BCUT2D eigenvalue weighted by Crippen LogP contribution is 2.20. The van der Waals surface area contributed by atoms with Gasteiger partial charge in [0, 0.05) is 77.6 Å². The van der Waals surface area contributed by atoms with Crippen LogP contribution in [0.15, 0.2) is 36.4 Å². The Morgan fingerprint density at radius 3 is 2.21 bits per heavy atom. The standard InChI is InChI=1S/C22H30N6O/c1-18-16-21(24-22(23-18)28-14-12-26(13-15-28)19(2)29)27-10-8-25(9-11-27)17-20-6-4-3-5-7-20/h3-7,16H,8-15,17H2,1-2H3. The molecule has 0 atom stereocenters. The number of hydrogen-bond acceptors (Lipinski definition) is 6. The summed E-state index contributed by atoms with van der Waals surface area (Å²) in [7, 11) is 0. The van der Waals surface area contributed by atoms with Gasteiger partial charge < -0.3 is 14.7 Å². The van der Waals surface area contributed by atoms with Gasteiger partial charge in [-0.15, -0.1) is 0 Å². The van der Waals surface area contributed by atoms with Crippen LogP contribution in [0.5, 0.6) is 0 Å². The van der Waals surface area contributed by atoms with Crippen LogP contribution in [0.3, 0.4) is 0 Å². The normalized spacial score (nSPS) is 18.2. The maximum absolute atomic E-state index is 11.6. The Morgan fingerprint density at radius 2 is 1.55 bits per heavy atom. The monoisotopic (exact) mass is 394 g/mol. The predicted molar refractivity (Wildman–Crippen MR) is 115 cm³/mol. The molecule has 0 N–H and O–H groups in total. The van der Waals surface area contributed by atoms with Gasteiger partial charge >= 0.3 is 0 Å². The number of aromatic nitrogens is 2. The van der Waals surface area contributed by atoms with E-state index in [1.54, 1.807) is 6.92 Å². The molecular formula is C22H30N6O. The Labute approximate surface area is 172 Å². The highest BCUT2D eigenvalue weighted by atomic mass is 16.2. The quantitative estimate of drug-likeness (QED) is 0.788. The van der Waals surface area contributed by atoms with Crippen molar-refractivity contribution in [3.05, 3.63) is 47.7 Å². The van der Waals surface area contributed by atoms with Gasteiger partial charge in [-0.3, -0.25) is 9.69 Å². The van der Waals surface area contributed by atoms with E-state index in [2.05, 4.69) is 56.1 Å². The number of carbonyl (C=O) groups excluding carboxylic acids is 1. The van der Waals surface area contributed by atoms with Crippen molar-refractivity contribution in [2.45, 2.75) is 20.4 Å². The van der Waals surface area contributed by atoms with Crippen LogP contribution < -0.4 is 9.80 Å². The Balaban J connectivity index is 1.38. The zero-order valence-electron chi connectivity index (χ0n) is 17.4. The van der Waals surface area contributed by atoms with E-state index in [9.17, 15) is 4.79 Å². The molecular weight excluding hydrogens is 364 g/mol. The van der Waals surface area contributed by atoms with Crippen LogP contribution in [0.4, 0.5) is 11.8 Å². The van der Waals surface area contributed by atoms with Crippen molar-refractivity contribution in [3.63, 3.8) is 0 Å². The van der Waals surface area contributed by atoms with E-state index in [1.165, 1.54) is 5.56 Å². The van der Waals surface area contributed by atoms with E-state index >= 15 is 0 Å². The van der Waals surface area contributed by atoms with Gasteiger partial charge in [-0.1, -0.05) is 30.3 Å². The molecule has 29 heavy (non-hydrogen) atoms. The van der Waals surface area contributed by atoms with Crippen LogP contribution in [0.2, 0.25) is 0 Å². The number of aryl methyl sites for hydroxylation is 1. The second-order valence-corrected chi connectivity index (χ2v) is 7.91. The molecule has 2 aromatic rings. The molecule has 3 heterocycles. The molecule has 0 aliphatic carbocycles. The fraction of sp³-hybridized carbons (Fsp3) is 0.500. The summed E-state index contributed by atoms with van der Waals surface area (Å²) in [6.45, 7) is 11.7. The second-order valence-electron chi connectivity index (χ2n) is 7.91. The number of anilines is 2. The van der Waals surface area contributed by atoms with Crippen LogP contribution in [0.1, 0.15) is 18.2 Å². The molecule has 7 nitrogen and oxygen atoms in total. The zero-order valence-corrected chi connectivity index (χ0v) is 17.4. The van der Waals surface area contributed by atoms with Crippen LogP contribution >= 0.6 is 0 Å². The molecule has 1 amide bonds. The molecule has 0 unspecified atom stereocenters. The third kappa shape index (κ3) is 4.85. The first-order valence-corrected chi connectivity index (χ1v) is 10.5. The Kier molecular flexibility index (Phi) is 5.94. The lowest BCUT2D eigenvalue weighted by atomic mass is 10.2. The van der Waals surface area contributed by atoms with Crippen molar-refractivity contribution >= 4 is 17.7 Å². The summed E-state index contributed by atoms with van der Waals surface area (Å²) in [6, 6.07) is 12.7. The third-order valence-electron chi connectivity index (χ3n) is 5.78. The number of nitrogens with zero attached hydrogens (tertiary/aromatic N) is 6. The zero-order chi connectivity index (χ0) is 20.2. The number of amides is 1. The van der Waals surface area contributed by atoms with Crippen LogP contribution in [-0.2, 0) is 11.3 Å². The molecule has 0 saturated carbocycles. The van der Waals surface area contributed by atoms with Gasteiger partial charge in [-0.25, -0.2) is 4.98 Å². The average molecular weight is 395 g/mol. The minimum Gasteiger partial charge on any atom is -0.354 e. The molecule has 2 aliphatic rings. The van der Waals surface area contributed by atoms with E-state index in [1.807, 2.05) is 11.8 Å². The predicted octanol–water partition coefficient (Wildman–Crippen LogP) is 1.78.